The van der Waals surface area contributed by atoms with E-state index in [1.807, 2.05) is 12.1 Å². The Morgan fingerprint density at radius 2 is 2.12 bits per heavy atom. The molecule has 1 aromatic heterocycles. The number of thiazole rings is 1. The van der Waals surface area contributed by atoms with Crippen LogP contribution in [0.1, 0.15) is 15.4 Å². The van der Waals surface area contributed by atoms with Crippen LogP contribution in [-0.2, 0) is 17.6 Å². The van der Waals surface area contributed by atoms with Crippen molar-refractivity contribution < 1.29 is 15.0 Å². The Bertz CT molecular complexity index is 536. The van der Waals surface area contributed by atoms with E-state index in [0.29, 0.717) is 6.42 Å². The minimum absolute atomic E-state index is 0.00155. The van der Waals surface area contributed by atoms with E-state index in [0.717, 1.165) is 15.4 Å². The third kappa shape index (κ3) is 3.04. The Labute approximate surface area is 102 Å². The zero-order valence-corrected chi connectivity index (χ0v) is 9.78. The van der Waals surface area contributed by atoms with E-state index in [9.17, 15) is 9.90 Å². The first-order valence-corrected chi connectivity index (χ1v) is 5.89. The van der Waals surface area contributed by atoms with E-state index in [1.165, 1.54) is 11.3 Å². The number of aromatic hydroxyl groups is 1. The number of carboxylic acids is 1. The van der Waals surface area contributed by atoms with Crippen molar-refractivity contribution >= 4 is 17.3 Å². The fourth-order valence-electron chi connectivity index (χ4n) is 1.48. The van der Waals surface area contributed by atoms with Crippen LogP contribution in [0.3, 0.4) is 0 Å². The van der Waals surface area contributed by atoms with Crippen LogP contribution in [0.15, 0.2) is 30.5 Å². The molecule has 0 bridgehead atoms. The van der Waals surface area contributed by atoms with Gasteiger partial charge in [0.1, 0.15) is 5.75 Å². The molecule has 88 valence electrons. The zero-order chi connectivity index (χ0) is 12.3. The van der Waals surface area contributed by atoms with Gasteiger partial charge < -0.3 is 10.2 Å². The van der Waals surface area contributed by atoms with Crippen LogP contribution in [0.5, 0.6) is 5.75 Å². The Balaban J connectivity index is 2.12. The Morgan fingerprint density at radius 1 is 1.35 bits per heavy atom. The molecule has 0 atom stereocenters. The summed E-state index contributed by atoms with van der Waals surface area (Å²) in [7, 11) is 0. The molecule has 0 fully saturated rings. The number of rotatable bonds is 4. The first-order chi connectivity index (χ1) is 8.15. The summed E-state index contributed by atoms with van der Waals surface area (Å²) in [4.78, 5) is 15.4. The maximum absolute atomic E-state index is 10.5. The second-order valence-corrected chi connectivity index (χ2v) is 4.80. The maximum atomic E-state index is 10.5. The molecular formula is C12H11NO3S. The molecule has 5 heteroatoms. The lowest BCUT2D eigenvalue weighted by molar-refractivity contribution is -0.136. The first-order valence-electron chi connectivity index (χ1n) is 5.07. The molecule has 0 aliphatic heterocycles. The number of benzene rings is 1. The summed E-state index contributed by atoms with van der Waals surface area (Å²) in [5, 5.41) is 19.1. The summed E-state index contributed by atoms with van der Waals surface area (Å²) in [6.45, 7) is 0. The lowest BCUT2D eigenvalue weighted by Crippen LogP contribution is -1.97. The van der Waals surface area contributed by atoms with Crippen LogP contribution in [0.4, 0.5) is 0 Å². The molecule has 1 aromatic carbocycles. The Morgan fingerprint density at radius 3 is 2.82 bits per heavy atom. The van der Waals surface area contributed by atoms with E-state index in [1.54, 1.807) is 18.3 Å². The fraction of sp³-hybridized carbons (Fsp3) is 0.167. The number of phenols is 1. The summed E-state index contributed by atoms with van der Waals surface area (Å²) < 4.78 is 0. The summed E-state index contributed by atoms with van der Waals surface area (Å²) in [6.07, 6.45) is 2.10. The molecule has 2 aromatic rings. The lowest BCUT2D eigenvalue weighted by Gasteiger charge is -2.00. The summed E-state index contributed by atoms with van der Waals surface area (Å²) in [5.41, 5.74) is 0.795. The van der Waals surface area contributed by atoms with Gasteiger partial charge in [-0.1, -0.05) is 18.2 Å². The smallest absolute Gasteiger partial charge is 0.308 e. The van der Waals surface area contributed by atoms with Crippen LogP contribution < -0.4 is 0 Å². The fourth-order valence-corrected chi connectivity index (χ4v) is 2.42. The van der Waals surface area contributed by atoms with Gasteiger partial charge in [-0.15, -0.1) is 11.3 Å². The second-order valence-electron chi connectivity index (χ2n) is 3.60. The SMILES string of the molecule is O=C(O)Cc1cnc(Cc2ccccc2O)s1. The predicted octanol–water partition coefficient (Wildman–Crippen LogP) is 2.07. The van der Waals surface area contributed by atoms with Crippen LogP contribution in [0, 0.1) is 0 Å². The van der Waals surface area contributed by atoms with Crippen molar-refractivity contribution in [3.63, 3.8) is 0 Å². The zero-order valence-electron chi connectivity index (χ0n) is 8.96. The number of carbonyl (C=O) groups is 1. The van der Waals surface area contributed by atoms with E-state index in [-0.39, 0.29) is 12.2 Å². The van der Waals surface area contributed by atoms with Crippen molar-refractivity contribution in [2.75, 3.05) is 0 Å². The highest BCUT2D eigenvalue weighted by Gasteiger charge is 2.08. The normalized spacial score (nSPS) is 10.4. The number of aliphatic carboxylic acids is 1. The lowest BCUT2D eigenvalue weighted by atomic mass is 10.1. The maximum Gasteiger partial charge on any atom is 0.308 e. The van der Waals surface area contributed by atoms with Gasteiger partial charge in [0.15, 0.2) is 0 Å². The Kier molecular flexibility index (Phi) is 3.39. The molecule has 1 heterocycles. The molecule has 0 aliphatic carbocycles. The van der Waals surface area contributed by atoms with E-state index < -0.39 is 5.97 Å². The minimum Gasteiger partial charge on any atom is -0.508 e. The molecular weight excluding hydrogens is 238 g/mol. The third-order valence-corrected chi connectivity index (χ3v) is 3.26. The van der Waals surface area contributed by atoms with Crippen molar-refractivity contribution in [3.8, 4) is 5.75 Å². The molecule has 0 amide bonds. The van der Waals surface area contributed by atoms with Gasteiger partial charge in [-0.3, -0.25) is 4.79 Å². The molecule has 0 saturated carbocycles. The summed E-state index contributed by atoms with van der Waals surface area (Å²) in [6, 6.07) is 7.06. The monoisotopic (exact) mass is 249 g/mol. The van der Waals surface area contributed by atoms with Gasteiger partial charge in [-0.25, -0.2) is 4.98 Å². The van der Waals surface area contributed by atoms with E-state index >= 15 is 0 Å². The molecule has 0 spiro atoms. The topological polar surface area (TPSA) is 70.4 Å². The molecule has 0 radical (unpaired) electrons. The largest absolute Gasteiger partial charge is 0.508 e. The number of hydrogen-bond acceptors (Lipinski definition) is 4. The molecule has 2 rings (SSSR count). The van der Waals surface area contributed by atoms with Crippen molar-refractivity contribution in [1.82, 2.24) is 4.98 Å². The van der Waals surface area contributed by atoms with Gasteiger partial charge in [0, 0.05) is 23.1 Å². The molecule has 4 nitrogen and oxygen atoms in total. The summed E-state index contributed by atoms with van der Waals surface area (Å²) in [5.74, 6) is -0.620. The number of carboxylic acid groups (broad SMARTS) is 1. The van der Waals surface area contributed by atoms with Gasteiger partial charge in [-0.05, 0) is 6.07 Å². The van der Waals surface area contributed by atoms with Gasteiger partial charge >= 0.3 is 5.97 Å². The van der Waals surface area contributed by atoms with Gasteiger partial charge in [-0.2, -0.15) is 0 Å². The average molecular weight is 249 g/mol. The highest BCUT2D eigenvalue weighted by atomic mass is 32.1. The molecule has 17 heavy (non-hydrogen) atoms. The number of hydrogen-bond donors (Lipinski definition) is 2. The second kappa shape index (κ2) is 4.97. The third-order valence-electron chi connectivity index (χ3n) is 2.26. The van der Waals surface area contributed by atoms with Crippen LogP contribution in [0.25, 0.3) is 0 Å². The highest BCUT2D eigenvalue weighted by molar-refractivity contribution is 7.11. The van der Waals surface area contributed by atoms with Crippen LogP contribution >= 0.6 is 11.3 Å². The standard InChI is InChI=1S/C12H11NO3S/c14-10-4-2-1-3-8(10)5-11-13-7-9(17-11)6-12(15)16/h1-4,7,14H,5-6H2,(H,15,16). The average Bonchev–Trinajstić information content (AvgIpc) is 2.68. The molecule has 2 N–H and O–H groups in total. The van der Waals surface area contributed by atoms with Crippen LogP contribution in [0.2, 0.25) is 0 Å². The number of aromatic nitrogens is 1. The highest BCUT2D eigenvalue weighted by Crippen LogP contribution is 2.22. The van der Waals surface area contributed by atoms with Crippen molar-refractivity contribution in [1.29, 1.82) is 0 Å². The first kappa shape index (κ1) is 11.6. The number of para-hydroxylation sites is 1. The van der Waals surface area contributed by atoms with Crippen molar-refractivity contribution in [2.24, 2.45) is 0 Å². The molecule has 0 unspecified atom stereocenters. The van der Waals surface area contributed by atoms with Crippen molar-refractivity contribution in [3.05, 3.63) is 45.9 Å². The van der Waals surface area contributed by atoms with E-state index in [4.69, 9.17) is 5.11 Å². The predicted molar refractivity (Wildman–Crippen MR) is 64.4 cm³/mol. The Hall–Kier alpha value is -1.88. The summed E-state index contributed by atoms with van der Waals surface area (Å²) >= 11 is 1.36. The quantitative estimate of drug-likeness (QED) is 0.870. The molecule has 0 saturated heterocycles. The van der Waals surface area contributed by atoms with Crippen LogP contribution in [-0.4, -0.2) is 21.2 Å². The van der Waals surface area contributed by atoms with Gasteiger partial charge in [0.25, 0.3) is 0 Å². The van der Waals surface area contributed by atoms with Gasteiger partial charge in [0.05, 0.1) is 11.4 Å². The van der Waals surface area contributed by atoms with E-state index in [2.05, 4.69) is 4.98 Å². The van der Waals surface area contributed by atoms with Crippen molar-refractivity contribution in [2.45, 2.75) is 12.8 Å². The molecule has 0 aliphatic rings. The van der Waals surface area contributed by atoms with Gasteiger partial charge in [0.2, 0.25) is 0 Å². The number of nitrogens with zero attached hydrogens (tertiary/aromatic N) is 1. The minimum atomic E-state index is -0.859. The number of phenolic OH excluding ortho intramolecular Hbond substituents is 1.